The standard InChI is InChI=1S/C11H22O3S/c1-9(8-10(2)12)6-7-15(13,14)11(3,4)5/h9H,6-8H2,1-5H3. The van der Waals surface area contributed by atoms with Crippen LogP contribution in [0.25, 0.3) is 0 Å². The first-order chi connectivity index (χ1) is 6.56. The largest absolute Gasteiger partial charge is 0.300 e. The quantitative estimate of drug-likeness (QED) is 0.733. The van der Waals surface area contributed by atoms with E-state index in [0.29, 0.717) is 12.8 Å². The zero-order chi connectivity index (χ0) is 12.3. The average Bonchev–Trinajstić information content (AvgIpc) is 1.97. The van der Waals surface area contributed by atoms with Crippen molar-refractivity contribution in [2.24, 2.45) is 5.92 Å². The van der Waals surface area contributed by atoms with Gasteiger partial charge in [-0.25, -0.2) is 8.42 Å². The number of sulfone groups is 1. The SMILES string of the molecule is CC(=O)CC(C)CCS(=O)(=O)C(C)(C)C. The van der Waals surface area contributed by atoms with Crippen LogP contribution in [-0.2, 0) is 14.6 Å². The van der Waals surface area contributed by atoms with Crippen LogP contribution in [0.4, 0.5) is 0 Å². The Morgan fingerprint density at radius 2 is 1.73 bits per heavy atom. The van der Waals surface area contributed by atoms with E-state index in [0.717, 1.165) is 0 Å². The molecule has 0 aromatic heterocycles. The van der Waals surface area contributed by atoms with Crippen LogP contribution in [0, 0.1) is 5.92 Å². The van der Waals surface area contributed by atoms with Gasteiger partial charge in [0.05, 0.1) is 10.5 Å². The highest BCUT2D eigenvalue weighted by Crippen LogP contribution is 2.19. The Bertz CT molecular complexity index is 309. The lowest BCUT2D eigenvalue weighted by molar-refractivity contribution is -0.117. The number of Topliss-reactive ketones (excluding diaryl/α,β-unsaturated/α-hetero) is 1. The summed E-state index contributed by atoms with van der Waals surface area (Å²) < 4.78 is 22.8. The van der Waals surface area contributed by atoms with Gasteiger partial charge in [0.1, 0.15) is 5.78 Å². The molecule has 1 atom stereocenters. The van der Waals surface area contributed by atoms with Gasteiger partial charge in [0.25, 0.3) is 0 Å². The molecule has 0 saturated heterocycles. The van der Waals surface area contributed by atoms with E-state index >= 15 is 0 Å². The van der Waals surface area contributed by atoms with Crippen molar-refractivity contribution in [1.29, 1.82) is 0 Å². The molecule has 0 N–H and O–H groups in total. The van der Waals surface area contributed by atoms with Gasteiger partial charge in [0.15, 0.2) is 9.84 Å². The van der Waals surface area contributed by atoms with Gasteiger partial charge in [-0.05, 0) is 40.0 Å². The molecule has 0 aliphatic carbocycles. The maximum Gasteiger partial charge on any atom is 0.155 e. The van der Waals surface area contributed by atoms with E-state index in [9.17, 15) is 13.2 Å². The second-order valence-corrected chi connectivity index (χ2v) is 8.09. The Kier molecular flexibility index (Phi) is 4.97. The lowest BCUT2D eigenvalue weighted by Gasteiger charge is -2.20. The van der Waals surface area contributed by atoms with Gasteiger partial charge < -0.3 is 4.79 Å². The van der Waals surface area contributed by atoms with Crippen molar-refractivity contribution in [3.05, 3.63) is 0 Å². The van der Waals surface area contributed by atoms with Crippen LogP contribution in [0.15, 0.2) is 0 Å². The number of ketones is 1. The molecule has 0 fully saturated rings. The molecule has 0 aliphatic rings. The maximum atomic E-state index is 11.8. The molecule has 1 unspecified atom stereocenters. The first-order valence-electron chi connectivity index (χ1n) is 5.28. The van der Waals surface area contributed by atoms with Gasteiger partial charge in [0, 0.05) is 6.42 Å². The topological polar surface area (TPSA) is 51.2 Å². The Hall–Kier alpha value is -0.380. The molecule has 0 amide bonds. The molecule has 15 heavy (non-hydrogen) atoms. The van der Waals surface area contributed by atoms with Crippen molar-refractivity contribution in [3.63, 3.8) is 0 Å². The highest BCUT2D eigenvalue weighted by atomic mass is 32.2. The summed E-state index contributed by atoms with van der Waals surface area (Å²) in [7, 11) is -3.04. The third-order valence-electron chi connectivity index (χ3n) is 2.45. The Morgan fingerprint density at radius 3 is 2.07 bits per heavy atom. The lowest BCUT2D eigenvalue weighted by Crippen LogP contribution is -2.31. The summed E-state index contributed by atoms with van der Waals surface area (Å²) in [6, 6.07) is 0. The van der Waals surface area contributed by atoms with Crippen LogP contribution in [0.2, 0.25) is 0 Å². The second kappa shape index (κ2) is 5.10. The Balaban J connectivity index is 4.23. The van der Waals surface area contributed by atoms with Gasteiger partial charge in [-0.3, -0.25) is 0 Å². The molecule has 0 rings (SSSR count). The highest BCUT2D eigenvalue weighted by molar-refractivity contribution is 7.92. The molecule has 3 nitrogen and oxygen atoms in total. The van der Waals surface area contributed by atoms with Gasteiger partial charge >= 0.3 is 0 Å². The predicted octanol–water partition coefficient (Wildman–Crippen LogP) is 2.21. The van der Waals surface area contributed by atoms with E-state index in [1.165, 1.54) is 6.92 Å². The summed E-state index contributed by atoms with van der Waals surface area (Å²) in [5, 5.41) is 0. The summed E-state index contributed by atoms with van der Waals surface area (Å²) in [6.45, 7) is 8.57. The molecule has 90 valence electrons. The van der Waals surface area contributed by atoms with E-state index in [2.05, 4.69) is 0 Å². The molecule has 4 heteroatoms. The summed E-state index contributed by atoms with van der Waals surface area (Å²) in [4.78, 5) is 10.8. The fraction of sp³-hybridized carbons (Fsp3) is 0.909. The third-order valence-corrected chi connectivity index (χ3v) is 5.09. The molecule has 0 aliphatic heterocycles. The molecule has 0 saturated carbocycles. The van der Waals surface area contributed by atoms with Gasteiger partial charge in [-0.15, -0.1) is 0 Å². The fourth-order valence-corrected chi connectivity index (χ4v) is 2.58. The van der Waals surface area contributed by atoms with E-state index in [1.54, 1.807) is 20.8 Å². The average molecular weight is 234 g/mol. The van der Waals surface area contributed by atoms with Crippen molar-refractivity contribution in [2.45, 2.75) is 52.2 Å². The zero-order valence-corrected chi connectivity index (χ0v) is 11.1. The number of hydrogen-bond donors (Lipinski definition) is 0. The van der Waals surface area contributed by atoms with Crippen molar-refractivity contribution in [2.75, 3.05) is 5.75 Å². The van der Waals surface area contributed by atoms with E-state index in [-0.39, 0.29) is 17.5 Å². The Morgan fingerprint density at radius 1 is 1.27 bits per heavy atom. The fourth-order valence-electron chi connectivity index (χ4n) is 1.26. The predicted molar refractivity (Wildman–Crippen MR) is 62.6 cm³/mol. The van der Waals surface area contributed by atoms with E-state index < -0.39 is 14.6 Å². The maximum absolute atomic E-state index is 11.8. The molecular formula is C11H22O3S. The molecule has 0 bridgehead atoms. The zero-order valence-electron chi connectivity index (χ0n) is 10.3. The van der Waals surface area contributed by atoms with Crippen LogP contribution >= 0.6 is 0 Å². The van der Waals surface area contributed by atoms with Gasteiger partial charge in [0.2, 0.25) is 0 Å². The number of rotatable bonds is 5. The van der Waals surface area contributed by atoms with Crippen LogP contribution in [-0.4, -0.2) is 24.7 Å². The van der Waals surface area contributed by atoms with Crippen LogP contribution in [0.1, 0.15) is 47.5 Å². The highest BCUT2D eigenvalue weighted by Gasteiger charge is 2.28. The summed E-state index contributed by atoms with van der Waals surface area (Å²) in [6.07, 6.45) is 1.04. The molecule has 0 radical (unpaired) electrons. The normalized spacial score (nSPS) is 15.0. The van der Waals surface area contributed by atoms with Crippen LogP contribution < -0.4 is 0 Å². The number of hydrogen-bond acceptors (Lipinski definition) is 3. The van der Waals surface area contributed by atoms with Gasteiger partial charge in [-0.2, -0.15) is 0 Å². The Labute approximate surface area is 93.2 Å². The lowest BCUT2D eigenvalue weighted by atomic mass is 10.0. The van der Waals surface area contributed by atoms with Gasteiger partial charge in [-0.1, -0.05) is 6.92 Å². The summed E-state index contributed by atoms with van der Waals surface area (Å²) in [5.74, 6) is 0.445. The second-order valence-electron chi connectivity index (χ2n) is 5.23. The molecular weight excluding hydrogens is 212 g/mol. The molecule has 0 spiro atoms. The number of carbonyl (C=O) groups is 1. The van der Waals surface area contributed by atoms with E-state index in [1.807, 2.05) is 6.92 Å². The van der Waals surface area contributed by atoms with Crippen molar-refractivity contribution < 1.29 is 13.2 Å². The smallest absolute Gasteiger partial charge is 0.155 e. The monoisotopic (exact) mass is 234 g/mol. The third kappa shape index (κ3) is 5.30. The molecule has 0 aromatic rings. The van der Waals surface area contributed by atoms with Crippen molar-refractivity contribution in [3.8, 4) is 0 Å². The first kappa shape index (κ1) is 14.6. The van der Waals surface area contributed by atoms with Crippen molar-refractivity contribution in [1.82, 2.24) is 0 Å². The first-order valence-corrected chi connectivity index (χ1v) is 6.93. The summed E-state index contributed by atoms with van der Waals surface area (Å²) in [5.41, 5.74) is 0. The number of carbonyl (C=O) groups excluding carboxylic acids is 1. The van der Waals surface area contributed by atoms with Crippen LogP contribution in [0.3, 0.4) is 0 Å². The minimum Gasteiger partial charge on any atom is -0.300 e. The summed E-state index contributed by atoms with van der Waals surface area (Å²) >= 11 is 0. The van der Waals surface area contributed by atoms with Crippen LogP contribution in [0.5, 0.6) is 0 Å². The van der Waals surface area contributed by atoms with E-state index in [4.69, 9.17) is 0 Å². The minimum absolute atomic E-state index is 0.121. The molecule has 0 aromatic carbocycles. The minimum atomic E-state index is -3.04. The van der Waals surface area contributed by atoms with Crippen molar-refractivity contribution >= 4 is 15.6 Å². The molecule has 0 heterocycles.